The van der Waals surface area contributed by atoms with Crippen LogP contribution >= 0.6 is 11.8 Å². The molecule has 1 aliphatic heterocycles. The topological polar surface area (TPSA) is 57.6 Å². The summed E-state index contributed by atoms with van der Waals surface area (Å²) in [4.78, 5) is 26.6. The van der Waals surface area contributed by atoms with E-state index in [4.69, 9.17) is 5.11 Å². The molecule has 2 atom stereocenters. The molecule has 1 N–H and O–H groups in total. The van der Waals surface area contributed by atoms with Gasteiger partial charge in [-0.1, -0.05) is 20.8 Å². The van der Waals surface area contributed by atoms with Crippen molar-refractivity contribution in [3.8, 4) is 0 Å². The lowest BCUT2D eigenvalue weighted by molar-refractivity contribution is -0.145. The number of hydrogen-bond acceptors (Lipinski definition) is 3. The van der Waals surface area contributed by atoms with Gasteiger partial charge in [0.15, 0.2) is 0 Å². The molecule has 0 spiro atoms. The molecule has 1 heterocycles. The maximum absolute atomic E-state index is 12.5. The molecule has 0 bridgehead atoms. The Morgan fingerprint density at radius 3 is 2.41 bits per heavy atom. The second-order valence-electron chi connectivity index (χ2n) is 6.15. The Hall–Kier alpha value is -1.49. The zero-order chi connectivity index (χ0) is 16.3. The van der Waals surface area contributed by atoms with Crippen molar-refractivity contribution < 1.29 is 14.7 Å². The minimum atomic E-state index is -0.755. The van der Waals surface area contributed by atoms with Crippen molar-refractivity contribution in [3.05, 3.63) is 29.8 Å². The van der Waals surface area contributed by atoms with Crippen LogP contribution in [0.5, 0.6) is 0 Å². The Bertz CT molecular complexity index is 541. The third kappa shape index (κ3) is 4.03. The van der Waals surface area contributed by atoms with Crippen LogP contribution in [0.4, 0.5) is 0 Å². The van der Waals surface area contributed by atoms with Gasteiger partial charge in [0, 0.05) is 28.8 Å². The lowest BCUT2D eigenvalue weighted by atomic mass is 9.87. The first-order valence-corrected chi connectivity index (χ1v) is 8.55. The summed E-state index contributed by atoms with van der Waals surface area (Å²) >= 11 is 1.77. The molecule has 0 radical (unpaired) electrons. The predicted octanol–water partition coefficient (Wildman–Crippen LogP) is 3.37. The van der Waals surface area contributed by atoms with Crippen molar-refractivity contribution in [2.45, 2.75) is 37.3 Å². The van der Waals surface area contributed by atoms with Gasteiger partial charge in [-0.05, 0) is 36.6 Å². The number of thioether (sulfide) groups is 1. The first-order chi connectivity index (χ1) is 10.4. The first-order valence-electron chi connectivity index (χ1n) is 7.67. The van der Waals surface area contributed by atoms with Gasteiger partial charge >= 0.3 is 5.97 Å². The summed E-state index contributed by atoms with van der Waals surface area (Å²) in [5.74, 6) is -1.11. The maximum atomic E-state index is 12.5. The number of rotatable bonds is 4. The Balaban J connectivity index is 2.01. The zero-order valence-corrected chi connectivity index (χ0v) is 14.1. The van der Waals surface area contributed by atoms with Gasteiger partial charge in [0.25, 0.3) is 5.91 Å². The highest BCUT2D eigenvalue weighted by atomic mass is 32.2. The molecule has 0 saturated carbocycles. The summed E-state index contributed by atoms with van der Waals surface area (Å²) in [6.45, 7) is 7.21. The van der Waals surface area contributed by atoms with Crippen molar-refractivity contribution in [3.63, 3.8) is 0 Å². The molecular formula is C17H23NO3S. The number of carboxylic acids is 1. The van der Waals surface area contributed by atoms with Crippen molar-refractivity contribution in [2.24, 2.45) is 11.8 Å². The fraction of sp³-hybridized carbons (Fsp3) is 0.529. The Morgan fingerprint density at radius 1 is 1.27 bits per heavy atom. The minimum Gasteiger partial charge on any atom is -0.481 e. The van der Waals surface area contributed by atoms with E-state index >= 15 is 0 Å². The van der Waals surface area contributed by atoms with Crippen molar-refractivity contribution >= 4 is 23.6 Å². The van der Waals surface area contributed by atoms with Gasteiger partial charge in [-0.25, -0.2) is 0 Å². The van der Waals surface area contributed by atoms with E-state index < -0.39 is 5.97 Å². The number of amides is 1. The number of carboxylic acid groups (broad SMARTS) is 1. The SMILES string of the molecule is CC(C)Sc1ccc(C(=O)N2CCC(C(=O)O)C(C)C2)cc1. The van der Waals surface area contributed by atoms with E-state index in [0.29, 0.717) is 30.3 Å². The molecule has 1 aliphatic rings. The van der Waals surface area contributed by atoms with E-state index in [-0.39, 0.29) is 17.7 Å². The molecule has 5 heteroatoms. The lowest BCUT2D eigenvalue weighted by Crippen LogP contribution is -2.45. The van der Waals surface area contributed by atoms with Crippen molar-refractivity contribution in [1.29, 1.82) is 0 Å². The quantitative estimate of drug-likeness (QED) is 0.864. The van der Waals surface area contributed by atoms with Crippen LogP contribution < -0.4 is 0 Å². The fourth-order valence-electron chi connectivity index (χ4n) is 2.83. The van der Waals surface area contributed by atoms with Crippen LogP contribution in [-0.4, -0.2) is 40.2 Å². The number of benzene rings is 1. The number of likely N-dealkylation sites (tertiary alicyclic amines) is 1. The van der Waals surface area contributed by atoms with Gasteiger partial charge in [0.2, 0.25) is 0 Å². The van der Waals surface area contributed by atoms with Crippen molar-refractivity contribution in [2.75, 3.05) is 13.1 Å². The summed E-state index contributed by atoms with van der Waals surface area (Å²) in [5.41, 5.74) is 0.675. The number of hydrogen-bond donors (Lipinski definition) is 1. The molecule has 0 aliphatic carbocycles. The van der Waals surface area contributed by atoms with E-state index in [2.05, 4.69) is 13.8 Å². The summed E-state index contributed by atoms with van der Waals surface area (Å²) in [7, 11) is 0. The molecule has 0 aromatic heterocycles. The Morgan fingerprint density at radius 2 is 1.91 bits per heavy atom. The van der Waals surface area contributed by atoms with Gasteiger partial charge in [-0.2, -0.15) is 0 Å². The van der Waals surface area contributed by atoms with Gasteiger partial charge in [-0.15, -0.1) is 11.8 Å². The largest absolute Gasteiger partial charge is 0.481 e. The van der Waals surface area contributed by atoms with Crippen LogP contribution in [0, 0.1) is 11.8 Å². The van der Waals surface area contributed by atoms with Crippen LogP contribution in [-0.2, 0) is 4.79 Å². The predicted molar refractivity (Wildman–Crippen MR) is 88.2 cm³/mol. The van der Waals surface area contributed by atoms with Gasteiger partial charge < -0.3 is 10.0 Å². The zero-order valence-electron chi connectivity index (χ0n) is 13.3. The number of carbonyl (C=O) groups excluding carboxylic acids is 1. The summed E-state index contributed by atoms with van der Waals surface area (Å²) in [5, 5.41) is 9.66. The van der Waals surface area contributed by atoms with E-state index in [0.717, 1.165) is 4.90 Å². The summed E-state index contributed by atoms with van der Waals surface area (Å²) in [6, 6.07) is 7.68. The van der Waals surface area contributed by atoms with Crippen molar-refractivity contribution in [1.82, 2.24) is 4.90 Å². The summed E-state index contributed by atoms with van der Waals surface area (Å²) < 4.78 is 0. The molecule has 2 unspecified atom stereocenters. The molecule has 4 nitrogen and oxygen atoms in total. The first kappa shape index (κ1) is 16.9. The molecule has 1 fully saturated rings. The number of aliphatic carboxylic acids is 1. The van der Waals surface area contributed by atoms with Crippen LogP contribution in [0.2, 0.25) is 0 Å². The Kier molecular flexibility index (Phi) is 5.51. The number of nitrogens with zero attached hydrogens (tertiary/aromatic N) is 1. The van der Waals surface area contributed by atoms with E-state index in [1.807, 2.05) is 31.2 Å². The van der Waals surface area contributed by atoms with E-state index in [1.165, 1.54) is 0 Å². The van der Waals surface area contributed by atoms with Gasteiger partial charge in [-0.3, -0.25) is 9.59 Å². The number of piperidine rings is 1. The molecular weight excluding hydrogens is 298 g/mol. The van der Waals surface area contributed by atoms with Crippen LogP contribution in [0.15, 0.2) is 29.2 Å². The normalized spacial score (nSPS) is 21.9. The third-order valence-corrected chi connectivity index (χ3v) is 5.00. The van der Waals surface area contributed by atoms with Crippen LogP contribution in [0.3, 0.4) is 0 Å². The highest BCUT2D eigenvalue weighted by molar-refractivity contribution is 7.99. The molecule has 2 rings (SSSR count). The van der Waals surface area contributed by atoms with E-state index in [9.17, 15) is 9.59 Å². The highest BCUT2D eigenvalue weighted by Crippen LogP contribution is 2.26. The third-order valence-electron chi connectivity index (χ3n) is 3.98. The lowest BCUT2D eigenvalue weighted by Gasteiger charge is -2.35. The molecule has 120 valence electrons. The average Bonchev–Trinajstić information content (AvgIpc) is 2.46. The maximum Gasteiger partial charge on any atom is 0.306 e. The Labute approximate surface area is 135 Å². The minimum absolute atomic E-state index is 0.00298. The highest BCUT2D eigenvalue weighted by Gasteiger charge is 2.33. The molecule has 1 aromatic carbocycles. The van der Waals surface area contributed by atoms with E-state index in [1.54, 1.807) is 16.7 Å². The fourth-order valence-corrected chi connectivity index (χ4v) is 3.67. The molecule has 1 amide bonds. The number of carbonyl (C=O) groups is 2. The molecule has 1 aromatic rings. The molecule has 1 saturated heterocycles. The van der Waals surface area contributed by atoms with Gasteiger partial charge in [0.1, 0.15) is 0 Å². The smallest absolute Gasteiger partial charge is 0.306 e. The second-order valence-corrected chi connectivity index (χ2v) is 7.80. The van der Waals surface area contributed by atoms with Crippen LogP contribution in [0.1, 0.15) is 37.6 Å². The van der Waals surface area contributed by atoms with Gasteiger partial charge in [0.05, 0.1) is 5.92 Å². The second kappa shape index (κ2) is 7.18. The average molecular weight is 321 g/mol. The standard InChI is InChI=1S/C17H23NO3S/c1-11(2)22-14-6-4-13(5-7-14)16(19)18-9-8-15(17(20)21)12(3)10-18/h4-7,11-12,15H,8-10H2,1-3H3,(H,20,21). The molecule has 22 heavy (non-hydrogen) atoms. The van der Waals surface area contributed by atoms with Crippen LogP contribution in [0.25, 0.3) is 0 Å². The monoisotopic (exact) mass is 321 g/mol. The summed E-state index contributed by atoms with van der Waals surface area (Å²) in [6.07, 6.45) is 0.531.